The van der Waals surface area contributed by atoms with Crippen LogP contribution in [0, 0.1) is 0 Å². The summed E-state index contributed by atoms with van der Waals surface area (Å²) in [7, 11) is 0. The van der Waals surface area contributed by atoms with E-state index < -0.39 is 0 Å². The van der Waals surface area contributed by atoms with E-state index in [2.05, 4.69) is 40.1 Å². The number of hydrogen-bond acceptors (Lipinski definition) is 11. The lowest BCUT2D eigenvalue weighted by molar-refractivity contribution is 0.122. The number of morpholine rings is 1. The van der Waals surface area contributed by atoms with Crippen molar-refractivity contribution in [2.45, 2.75) is 0 Å². The van der Waals surface area contributed by atoms with Gasteiger partial charge in [-0.1, -0.05) is 0 Å². The van der Waals surface area contributed by atoms with Gasteiger partial charge in [-0.05, 0) is 20.6 Å². The second-order valence-electron chi connectivity index (χ2n) is 3.68. The van der Waals surface area contributed by atoms with Crippen molar-refractivity contribution >= 4 is 23.3 Å². The smallest absolute Gasteiger partial charge is 0.261 e. The van der Waals surface area contributed by atoms with Gasteiger partial charge in [0.1, 0.15) is 0 Å². The predicted octanol–water partition coefficient (Wildman–Crippen LogP) is 0.287. The monoisotopic (exact) mass is 266 g/mol. The fraction of sp³-hybridized carbons (Fsp3) is 0.500. The second kappa shape index (κ2) is 4.97. The number of hydrogen-bond donors (Lipinski definition) is 1. The summed E-state index contributed by atoms with van der Waals surface area (Å²) in [5, 5.41) is 22.0. The minimum absolute atomic E-state index is 0.0492. The molecule has 1 aliphatic rings. The van der Waals surface area contributed by atoms with E-state index in [4.69, 9.17) is 10.5 Å². The highest BCUT2D eigenvalue weighted by atomic mass is 16.6. The highest BCUT2D eigenvalue weighted by Gasteiger charge is 2.20. The summed E-state index contributed by atoms with van der Waals surface area (Å²) in [6, 6.07) is 0. The van der Waals surface area contributed by atoms with E-state index in [1.807, 2.05) is 4.90 Å². The van der Waals surface area contributed by atoms with Crippen LogP contribution >= 0.6 is 0 Å². The Labute approximate surface area is 106 Å². The Morgan fingerprint density at radius 2 is 1.63 bits per heavy atom. The van der Waals surface area contributed by atoms with Crippen LogP contribution in [0.4, 0.5) is 23.3 Å². The first-order valence-electron chi connectivity index (χ1n) is 5.49. The second-order valence-corrected chi connectivity index (χ2v) is 3.68. The molecule has 0 atom stereocenters. The molecule has 0 saturated carbocycles. The van der Waals surface area contributed by atoms with Crippen molar-refractivity contribution in [3.63, 3.8) is 0 Å². The molecular weight excluding hydrogens is 256 g/mol. The molecule has 0 radical (unpaired) electrons. The van der Waals surface area contributed by atoms with Gasteiger partial charge in [0.2, 0.25) is 11.6 Å². The van der Waals surface area contributed by atoms with Gasteiger partial charge in [0.05, 0.1) is 13.2 Å². The molecule has 0 aromatic carbocycles. The Morgan fingerprint density at radius 3 is 2.37 bits per heavy atom. The Morgan fingerprint density at radius 1 is 0.947 bits per heavy atom. The molecule has 11 nitrogen and oxygen atoms in total. The molecule has 0 aliphatic carbocycles. The predicted molar refractivity (Wildman–Crippen MR) is 60.2 cm³/mol. The molecule has 3 rings (SSSR count). The number of anilines is 2. The summed E-state index contributed by atoms with van der Waals surface area (Å²) >= 11 is 0. The third-order valence-electron chi connectivity index (χ3n) is 2.50. The van der Waals surface area contributed by atoms with Crippen molar-refractivity contribution in [2.24, 2.45) is 10.2 Å². The average molecular weight is 266 g/mol. The van der Waals surface area contributed by atoms with E-state index in [-0.39, 0.29) is 17.5 Å². The zero-order valence-electron chi connectivity index (χ0n) is 9.76. The van der Waals surface area contributed by atoms with Crippen molar-refractivity contribution in [3.8, 4) is 0 Å². The zero-order chi connectivity index (χ0) is 13.1. The molecule has 100 valence electrons. The maximum absolute atomic E-state index is 5.45. The zero-order valence-corrected chi connectivity index (χ0v) is 9.76. The molecule has 2 aromatic heterocycles. The van der Waals surface area contributed by atoms with Crippen LogP contribution in [0.1, 0.15) is 0 Å². The number of nitrogen functional groups attached to an aromatic ring is 1. The summed E-state index contributed by atoms with van der Waals surface area (Å²) in [4.78, 5) is 1.94. The van der Waals surface area contributed by atoms with Crippen molar-refractivity contribution in [1.29, 1.82) is 0 Å². The van der Waals surface area contributed by atoms with Gasteiger partial charge in [-0.3, -0.25) is 0 Å². The van der Waals surface area contributed by atoms with Crippen molar-refractivity contribution in [1.82, 2.24) is 20.6 Å². The maximum atomic E-state index is 5.45. The number of nitrogens with two attached hydrogens (primary N) is 1. The number of aromatic nitrogens is 4. The molecule has 1 saturated heterocycles. The van der Waals surface area contributed by atoms with Gasteiger partial charge in [-0.25, -0.2) is 9.26 Å². The van der Waals surface area contributed by atoms with Gasteiger partial charge in [0, 0.05) is 13.1 Å². The van der Waals surface area contributed by atoms with Crippen molar-refractivity contribution < 1.29 is 14.0 Å². The first-order chi connectivity index (χ1) is 9.34. The molecule has 11 heteroatoms. The van der Waals surface area contributed by atoms with Crippen LogP contribution in [0.5, 0.6) is 0 Å². The van der Waals surface area contributed by atoms with Gasteiger partial charge in [-0.15, -0.1) is 10.2 Å². The first kappa shape index (κ1) is 11.5. The van der Waals surface area contributed by atoms with Gasteiger partial charge < -0.3 is 15.4 Å². The van der Waals surface area contributed by atoms with E-state index in [1.54, 1.807) is 0 Å². The molecule has 1 fully saturated rings. The van der Waals surface area contributed by atoms with Crippen LogP contribution in [0.15, 0.2) is 19.5 Å². The summed E-state index contributed by atoms with van der Waals surface area (Å²) in [5.41, 5.74) is 5.45. The summed E-state index contributed by atoms with van der Waals surface area (Å²) in [6.07, 6.45) is 0. The highest BCUT2D eigenvalue weighted by molar-refractivity contribution is 5.56. The lowest BCUT2D eigenvalue weighted by Crippen LogP contribution is -2.36. The first-order valence-corrected chi connectivity index (χ1v) is 5.49. The normalized spacial score (nSPS) is 16.3. The van der Waals surface area contributed by atoms with Crippen LogP contribution < -0.4 is 10.6 Å². The van der Waals surface area contributed by atoms with Gasteiger partial charge in [0.15, 0.2) is 0 Å². The minimum atomic E-state index is 0.0492. The van der Waals surface area contributed by atoms with E-state index in [0.29, 0.717) is 32.1 Å². The summed E-state index contributed by atoms with van der Waals surface area (Å²) < 4.78 is 14.3. The van der Waals surface area contributed by atoms with E-state index in [9.17, 15) is 0 Å². The SMILES string of the molecule is Nc1nonc1N=Nc1nonc1N1CCOCC1. The van der Waals surface area contributed by atoms with Gasteiger partial charge in [0.25, 0.3) is 11.6 Å². The van der Waals surface area contributed by atoms with Crippen molar-refractivity contribution in [3.05, 3.63) is 0 Å². The van der Waals surface area contributed by atoms with Crippen LogP contribution in [-0.2, 0) is 4.74 Å². The standard InChI is InChI=1S/C8H10N8O3/c9-5-6(13-18-12-5)10-11-7-8(15-19-14-7)16-1-3-17-4-2-16/h1-4H2,(H2,9,12). The van der Waals surface area contributed by atoms with Crippen LogP contribution in [0.3, 0.4) is 0 Å². The molecule has 0 amide bonds. The number of rotatable bonds is 3. The lowest BCUT2D eigenvalue weighted by Gasteiger charge is -2.25. The quantitative estimate of drug-likeness (QED) is 0.775. The topological polar surface area (TPSA) is 141 Å². The molecule has 0 spiro atoms. The molecule has 2 N–H and O–H groups in total. The third-order valence-corrected chi connectivity index (χ3v) is 2.50. The fourth-order valence-electron chi connectivity index (χ4n) is 1.57. The fourth-order valence-corrected chi connectivity index (χ4v) is 1.57. The number of nitrogens with zero attached hydrogens (tertiary/aromatic N) is 7. The summed E-state index contributed by atoms with van der Waals surface area (Å²) in [6.45, 7) is 2.60. The molecule has 1 aliphatic heterocycles. The van der Waals surface area contributed by atoms with E-state index >= 15 is 0 Å². The largest absolute Gasteiger partial charge is 0.378 e. The van der Waals surface area contributed by atoms with E-state index in [0.717, 1.165) is 0 Å². The van der Waals surface area contributed by atoms with Crippen molar-refractivity contribution in [2.75, 3.05) is 36.9 Å². The van der Waals surface area contributed by atoms with Gasteiger partial charge >= 0.3 is 0 Å². The molecule has 3 heterocycles. The Bertz CT molecular complexity index is 572. The van der Waals surface area contributed by atoms with Gasteiger partial charge in [-0.2, -0.15) is 0 Å². The molecule has 0 bridgehead atoms. The molecule has 2 aromatic rings. The molecular formula is C8H10N8O3. The maximum Gasteiger partial charge on any atom is 0.261 e. The third kappa shape index (κ3) is 2.35. The Kier molecular flexibility index (Phi) is 3.02. The lowest BCUT2D eigenvalue weighted by atomic mass is 10.4. The number of ether oxygens (including phenoxy) is 1. The molecule has 19 heavy (non-hydrogen) atoms. The summed E-state index contributed by atoms with van der Waals surface area (Å²) in [5.74, 6) is 0.871. The van der Waals surface area contributed by atoms with Crippen LogP contribution in [0.25, 0.3) is 0 Å². The molecule has 0 unspecified atom stereocenters. The Balaban J connectivity index is 1.80. The Hall–Kier alpha value is -2.56. The van der Waals surface area contributed by atoms with E-state index in [1.165, 1.54) is 0 Å². The average Bonchev–Trinajstić information content (AvgIpc) is 3.06. The highest BCUT2D eigenvalue weighted by Crippen LogP contribution is 2.27. The van der Waals surface area contributed by atoms with Crippen LogP contribution in [-0.4, -0.2) is 46.9 Å². The number of azo groups is 1. The minimum Gasteiger partial charge on any atom is -0.378 e. The van der Waals surface area contributed by atoms with Crippen LogP contribution in [0.2, 0.25) is 0 Å².